The lowest BCUT2D eigenvalue weighted by molar-refractivity contribution is 0.0925. The van der Waals surface area contributed by atoms with Gasteiger partial charge in [0.15, 0.2) is 5.82 Å². The first-order valence-electron chi connectivity index (χ1n) is 6.64. The second-order valence-electron chi connectivity index (χ2n) is 5.28. The molecular formula is C12H16N6OS. The summed E-state index contributed by atoms with van der Waals surface area (Å²) in [5, 5.41) is 19.7. The third-order valence-corrected chi connectivity index (χ3v) is 4.41. The number of nitrogens with zero attached hydrogens (tertiary/aromatic N) is 4. The molecule has 0 radical (unpaired) electrons. The Kier molecular flexibility index (Phi) is 3.47. The average Bonchev–Trinajstić information content (AvgIpc) is 2.95. The summed E-state index contributed by atoms with van der Waals surface area (Å²) in [5.74, 6) is 1.10. The van der Waals surface area contributed by atoms with Crippen molar-refractivity contribution in [2.24, 2.45) is 5.92 Å². The average molecular weight is 292 g/mol. The first-order chi connectivity index (χ1) is 9.65. The minimum atomic E-state index is -0.176. The number of thiazole rings is 1. The smallest absolute Gasteiger partial charge is 0.271 e. The standard InChI is InChI=1S/C12H16N6OS/c1-6(2)12-13-8(5-20-12)11(19)14-9(7-3-4-7)10-15-17-18-16-10/h5-7,9H,3-4H2,1-2H3,(H,14,19)(H,15,16,17,18). The number of hydrogen-bond donors (Lipinski definition) is 2. The van der Waals surface area contributed by atoms with Crippen LogP contribution in [0.1, 0.15) is 60.0 Å². The number of H-pyrrole nitrogens is 1. The van der Waals surface area contributed by atoms with Crippen LogP contribution < -0.4 is 5.32 Å². The molecule has 2 aromatic heterocycles. The van der Waals surface area contributed by atoms with Crippen LogP contribution >= 0.6 is 11.3 Å². The monoisotopic (exact) mass is 292 g/mol. The van der Waals surface area contributed by atoms with Gasteiger partial charge in [-0.3, -0.25) is 4.79 Å². The molecule has 2 heterocycles. The van der Waals surface area contributed by atoms with Gasteiger partial charge in [0.1, 0.15) is 5.69 Å². The molecule has 8 heteroatoms. The highest BCUT2D eigenvalue weighted by Gasteiger charge is 2.36. The fourth-order valence-electron chi connectivity index (χ4n) is 2.00. The Morgan fingerprint density at radius 2 is 2.30 bits per heavy atom. The molecule has 0 aliphatic heterocycles. The summed E-state index contributed by atoms with van der Waals surface area (Å²) in [6.07, 6.45) is 2.15. The Hall–Kier alpha value is -1.83. The van der Waals surface area contributed by atoms with Crippen LogP contribution in [0.2, 0.25) is 0 Å². The summed E-state index contributed by atoms with van der Waals surface area (Å²) >= 11 is 1.51. The van der Waals surface area contributed by atoms with Crippen LogP contribution in [0.15, 0.2) is 5.38 Å². The lowest BCUT2D eigenvalue weighted by Gasteiger charge is -2.13. The Morgan fingerprint density at radius 1 is 1.50 bits per heavy atom. The van der Waals surface area contributed by atoms with Gasteiger partial charge in [-0.25, -0.2) is 4.98 Å². The molecule has 0 bridgehead atoms. The van der Waals surface area contributed by atoms with Crippen molar-refractivity contribution >= 4 is 17.2 Å². The summed E-state index contributed by atoms with van der Waals surface area (Å²) < 4.78 is 0. The number of tetrazole rings is 1. The van der Waals surface area contributed by atoms with Gasteiger partial charge in [0.25, 0.3) is 5.91 Å². The van der Waals surface area contributed by atoms with Crippen molar-refractivity contribution in [2.75, 3.05) is 0 Å². The quantitative estimate of drug-likeness (QED) is 0.873. The number of carbonyl (C=O) groups excluding carboxylic acids is 1. The molecule has 106 valence electrons. The minimum Gasteiger partial charge on any atom is -0.340 e. The summed E-state index contributed by atoms with van der Waals surface area (Å²) in [7, 11) is 0. The van der Waals surface area contributed by atoms with Gasteiger partial charge >= 0.3 is 0 Å². The fourth-order valence-corrected chi connectivity index (χ4v) is 2.81. The maximum atomic E-state index is 12.3. The summed E-state index contributed by atoms with van der Waals surface area (Å²) in [6.45, 7) is 4.12. The predicted octanol–water partition coefficient (Wildman–Crippen LogP) is 1.66. The van der Waals surface area contributed by atoms with Crippen molar-refractivity contribution in [3.05, 3.63) is 21.9 Å². The van der Waals surface area contributed by atoms with E-state index in [0.29, 0.717) is 23.4 Å². The van der Waals surface area contributed by atoms with Crippen molar-refractivity contribution in [2.45, 2.75) is 38.6 Å². The molecule has 1 unspecified atom stereocenters. The first kappa shape index (κ1) is 13.2. The second kappa shape index (κ2) is 5.28. The Labute approximate surface area is 120 Å². The van der Waals surface area contributed by atoms with Crippen LogP contribution in [0, 0.1) is 5.92 Å². The van der Waals surface area contributed by atoms with Gasteiger partial charge in [-0.2, -0.15) is 5.21 Å². The maximum absolute atomic E-state index is 12.3. The summed E-state index contributed by atoms with van der Waals surface area (Å²) in [4.78, 5) is 16.6. The molecule has 2 N–H and O–H groups in total. The van der Waals surface area contributed by atoms with E-state index in [1.165, 1.54) is 11.3 Å². The van der Waals surface area contributed by atoms with Crippen LogP contribution in [0.3, 0.4) is 0 Å². The van der Waals surface area contributed by atoms with Crippen LogP contribution in [0.4, 0.5) is 0 Å². The molecule has 7 nitrogen and oxygen atoms in total. The van der Waals surface area contributed by atoms with Gasteiger partial charge in [0.2, 0.25) is 0 Å². The highest BCUT2D eigenvalue weighted by atomic mass is 32.1. The number of carbonyl (C=O) groups is 1. The topological polar surface area (TPSA) is 96.5 Å². The summed E-state index contributed by atoms with van der Waals surface area (Å²) in [5.41, 5.74) is 0.466. The molecule has 0 aromatic carbocycles. The largest absolute Gasteiger partial charge is 0.340 e. The Balaban J connectivity index is 1.73. The van der Waals surface area contributed by atoms with E-state index >= 15 is 0 Å². The first-order valence-corrected chi connectivity index (χ1v) is 7.52. The van der Waals surface area contributed by atoms with E-state index in [9.17, 15) is 4.79 Å². The molecule has 0 spiro atoms. The molecule has 1 atom stereocenters. The van der Waals surface area contributed by atoms with Crippen LogP contribution in [0.25, 0.3) is 0 Å². The van der Waals surface area contributed by atoms with E-state index in [1.54, 1.807) is 5.38 Å². The second-order valence-corrected chi connectivity index (χ2v) is 6.17. The van der Waals surface area contributed by atoms with Crippen molar-refractivity contribution in [1.82, 2.24) is 30.9 Å². The third-order valence-electron chi connectivity index (χ3n) is 3.27. The molecule has 1 amide bonds. The zero-order chi connectivity index (χ0) is 14.1. The van der Waals surface area contributed by atoms with Gasteiger partial charge in [-0.15, -0.1) is 21.5 Å². The molecule has 0 saturated heterocycles. The van der Waals surface area contributed by atoms with Crippen molar-refractivity contribution < 1.29 is 4.79 Å². The molecule has 1 aliphatic carbocycles. The molecule has 1 fully saturated rings. The normalized spacial score (nSPS) is 16.4. The molecule has 1 aliphatic rings. The number of aromatic amines is 1. The van der Waals surface area contributed by atoms with Crippen LogP contribution in [-0.4, -0.2) is 31.5 Å². The fraction of sp³-hybridized carbons (Fsp3) is 0.583. The molecule has 1 saturated carbocycles. The van der Waals surface area contributed by atoms with Gasteiger partial charge in [0.05, 0.1) is 11.0 Å². The highest BCUT2D eigenvalue weighted by molar-refractivity contribution is 7.09. The molecule has 2 aromatic rings. The van der Waals surface area contributed by atoms with Crippen molar-refractivity contribution in [1.29, 1.82) is 0 Å². The lowest BCUT2D eigenvalue weighted by Crippen LogP contribution is -2.31. The number of hydrogen-bond acceptors (Lipinski definition) is 6. The van der Waals surface area contributed by atoms with Gasteiger partial charge in [-0.05, 0) is 18.8 Å². The van der Waals surface area contributed by atoms with Gasteiger partial charge < -0.3 is 5.32 Å². The zero-order valence-electron chi connectivity index (χ0n) is 11.3. The number of rotatable bonds is 5. The Morgan fingerprint density at radius 3 is 2.85 bits per heavy atom. The number of amides is 1. The van der Waals surface area contributed by atoms with E-state index in [1.807, 2.05) is 0 Å². The van der Waals surface area contributed by atoms with Crippen molar-refractivity contribution in [3.8, 4) is 0 Å². The van der Waals surface area contributed by atoms with Gasteiger partial charge in [-0.1, -0.05) is 19.1 Å². The number of aromatic nitrogens is 5. The molecular weight excluding hydrogens is 276 g/mol. The van der Waals surface area contributed by atoms with E-state index in [0.717, 1.165) is 17.8 Å². The lowest BCUT2D eigenvalue weighted by atomic mass is 10.1. The maximum Gasteiger partial charge on any atom is 0.271 e. The predicted molar refractivity (Wildman–Crippen MR) is 73.3 cm³/mol. The van der Waals surface area contributed by atoms with Crippen LogP contribution in [0.5, 0.6) is 0 Å². The van der Waals surface area contributed by atoms with E-state index in [4.69, 9.17) is 0 Å². The minimum absolute atomic E-state index is 0.171. The molecule has 20 heavy (non-hydrogen) atoms. The Bertz CT molecular complexity index is 589. The third kappa shape index (κ3) is 2.69. The van der Waals surface area contributed by atoms with Crippen LogP contribution in [-0.2, 0) is 0 Å². The zero-order valence-corrected chi connectivity index (χ0v) is 12.1. The van der Waals surface area contributed by atoms with Gasteiger partial charge in [0, 0.05) is 11.3 Å². The summed E-state index contributed by atoms with van der Waals surface area (Å²) in [6, 6.07) is -0.176. The van der Waals surface area contributed by atoms with E-state index in [-0.39, 0.29) is 11.9 Å². The SMILES string of the molecule is CC(C)c1nc(C(=O)NC(c2nn[nH]n2)C2CC2)cs1. The van der Waals surface area contributed by atoms with Crippen molar-refractivity contribution in [3.63, 3.8) is 0 Å². The van der Waals surface area contributed by atoms with E-state index in [2.05, 4.69) is 44.8 Å². The number of nitrogens with one attached hydrogen (secondary N) is 2. The van der Waals surface area contributed by atoms with E-state index < -0.39 is 0 Å². The highest BCUT2D eigenvalue weighted by Crippen LogP contribution is 2.39. The molecule has 3 rings (SSSR count).